The molecule has 3 aromatic rings. The molecule has 0 atom stereocenters. The molecule has 2 amide bonds. The van der Waals surface area contributed by atoms with Crippen LogP contribution in [0.2, 0.25) is 8.67 Å². The van der Waals surface area contributed by atoms with Gasteiger partial charge in [-0.25, -0.2) is 0 Å². The van der Waals surface area contributed by atoms with Crippen molar-refractivity contribution < 1.29 is 9.59 Å². The molecule has 1 N–H and O–H groups in total. The van der Waals surface area contributed by atoms with Crippen molar-refractivity contribution in [2.45, 2.75) is 6.42 Å². The number of carbonyl (C=O) groups excluding carboxylic acids is 2. The number of aromatic amines is 1. The lowest BCUT2D eigenvalue weighted by atomic mass is 10.1. The third-order valence-electron chi connectivity index (χ3n) is 4.82. The van der Waals surface area contributed by atoms with Gasteiger partial charge in [-0.2, -0.15) is 0 Å². The molecule has 5 nitrogen and oxygen atoms in total. The predicted octanol–water partition coefficient (Wildman–Crippen LogP) is 4.06. The summed E-state index contributed by atoms with van der Waals surface area (Å²) in [7, 11) is 0. The van der Waals surface area contributed by atoms with Crippen LogP contribution in [0.4, 0.5) is 0 Å². The first-order valence-electron chi connectivity index (χ1n) is 8.60. The lowest BCUT2D eigenvalue weighted by molar-refractivity contribution is -0.131. The van der Waals surface area contributed by atoms with Crippen molar-refractivity contribution >= 4 is 57.3 Å². The summed E-state index contributed by atoms with van der Waals surface area (Å²) in [5.41, 5.74) is 2.46. The van der Waals surface area contributed by atoms with Crippen LogP contribution in [0.3, 0.4) is 0 Å². The number of piperazine rings is 1. The second-order valence-corrected chi connectivity index (χ2v) is 8.73. The van der Waals surface area contributed by atoms with Gasteiger partial charge in [0, 0.05) is 43.3 Å². The van der Waals surface area contributed by atoms with Crippen LogP contribution in [-0.4, -0.2) is 52.8 Å². The highest BCUT2D eigenvalue weighted by molar-refractivity contribution is 7.20. The summed E-state index contributed by atoms with van der Waals surface area (Å²) in [6, 6.07) is 9.55. The van der Waals surface area contributed by atoms with Gasteiger partial charge >= 0.3 is 0 Å². The first-order valence-corrected chi connectivity index (χ1v) is 10.2. The molecule has 1 aliphatic heterocycles. The van der Waals surface area contributed by atoms with Gasteiger partial charge in [0.15, 0.2) is 0 Å². The summed E-state index contributed by atoms with van der Waals surface area (Å²) in [5.74, 6) is -0.0599. The monoisotopic (exact) mass is 421 g/mol. The van der Waals surface area contributed by atoms with Gasteiger partial charge in [0.2, 0.25) is 5.91 Å². The van der Waals surface area contributed by atoms with Gasteiger partial charge in [-0.3, -0.25) is 9.59 Å². The van der Waals surface area contributed by atoms with Crippen molar-refractivity contribution in [2.24, 2.45) is 0 Å². The first-order chi connectivity index (χ1) is 13.0. The normalized spacial score (nSPS) is 14.7. The van der Waals surface area contributed by atoms with Gasteiger partial charge in [-0.05, 0) is 17.7 Å². The highest BCUT2D eigenvalue weighted by Crippen LogP contribution is 2.32. The molecule has 1 aliphatic rings. The molecule has 1 aromatic carbocycles. The summed E-state index contributed by atoms with van der Waals surface area (Å²) in [4.78, 5) is 32.0. The SMILES string of the molecule is O=C(Cc1c[nH]c2ccccc12)N1CCN(C(=O)c2cc(Cl)sc2Cl)CC1. The molecular weight excluding hydrogens is 405 g/mol. The van der Waals surface area contributed by atoms with Gasteiger partial charge in [0.25, 0.3) is 5.91 Å². The third-order valence-corrected chi connectivity index (χ3v) is 6.31. The van der Waals surface area contributed by atoms with E-state index in [0.717, 1.165) is 16.5 Å². The van der Waals surface area contributed by atoms with Crippen LogP contribution in [0.15, 0.2) is 36.5 Å². The highest BCUT2D eigenvalue weighted by atomic mass is 35.5. The number of nitrogens with zero attached hydrogens (tertiary/aromatic N) is 2. The fraction of sp³-hybridized carbons (Fsp3) is 0.263. The molecule has 0 saturated carbocycles. The molecular formula is C19H17Cl2N3O2S. The minimum Gasteiger partial charge on any atom is -0.361 e. The molecule has 1 fully saturated rings. The van der Waals surface area contributed by atoms with Crippen molar-refractivity contribution in [3.05, 3.63) is 56.3 Å². The van der Waals surface area contributed by atoms with E-state index in [2.05, 4.69) is 4.98 Å². The van der Waals surface area contributed by atoms with Crippen LogP contribution >= 0.6 is 34.5 Å². The molecule has 0 bridgehead atoms. The molecule has 2 aromatic heterocycles. The van der Waals surface area contributed by atoms with E-state index < -0.39 is 0 Å². The Balaban J connectivity index is 1.38. The Kier molecular flexibility index (Phi) is 5.12. The summed E-state index contributed by atoms with van der Waals surface area (Å²) < 4.78 is 0.902. The maximum Gasteiger partial charge on any atom is 0.256 e. The summed E-state index contributed by atoms with van der Waals surface area (Å²) >= 11 is 13.2. The van der Waals surface area contributed by atoms with E-state index in [9.17, 15) is 9.59 Å². The number of thiophene rings is 1. The van der Waals surface area contributed by atoms with E-state index in [1.165, 1.54) is 11.3 Å². The molecule has 27 heavy (non-hydrogen) atoms. The Morgan fingerprint density at radius 1 is 1.07 bits per heavy atom. The average Bonchev–Trinajstić information content (AvgIpc) is 3.24. The largest absolute Gasteiger partial charge is 0.361 e. The minimum absolute atomic E-state index is 0.0727. The van der Waals surface area contributed by atoms with E-state index in [4.69, 9.17) is 23.2 Å². The number of hydrogen-bond acceptors (Lipinski definition) is 3. The standard InChI is InChI=1S/C19H17Cl2N3O2S/c20-16-10-14(18(21)27-16)19(26)24-7-5-23(6-8-24)17(25)9-12-11-22-15-4-2-1-3-13(12)15/h1-4,10-11,22H,5-9H2. The van der Waals surface area contributed by atoms with Gasteiger partial charge in [-0.1, -0.05) is 41.4 Å². The average molecular weight is 422 g/mol. The van der Waals surface area contributed by atoms with Crippen molar-refractivity contribution in [1.29, 1.82) is 0 Å². The van der Waals surface area contributed by atoms with Gasteiger partial charge in [0.1, 0.15) is 4.34 Å². The minimum atomic E-state index is -0.133. The topological polar surface area (TPSA) is 56.4 Å². The van der Waals surface area contributed by atoms with Crippen LogP contribution in [0, 0.1) is 0 Å². The summed E-state index contributed by atoms with van der Waals surface area (Å²) in [5, 5.41) is 1.07. The van der Waals surface area contributed by atoms with Crippen molar-refractivity contribution in [2.75, 3.05) is 26.2 Å². The van der Waals surface area contributed by atoms with Crippen LogP contribution < -0.4 is 0 Å². The first kappa shape index (κ1) is 18.3. The summed E-state index contributed by atoms with van der Waals surface area (Å²) in [6.07, 6.45) is 2.24. The molecule has 140 valence electrons. The maximum absolute atomic E-state index is 12.7. The van der Waals surface area contributed by atoms with Crippen LogP contribution in [-0.2, 0) is 11.2 Å². The van der Waals surface area contributed by atoms with Crippen molar-refractivity contribution in [3.8, 4) is 0 Å². The zero-order valence-electron chi connectivity index (χ0n) is 14.4. The molecule has 0 spiro atoms. The molecule has 0 aliphatic carbocycles. The van der Waals surface area contributed by atoms with Crippen molar-refractivity contribution in [3.63, 3.8) is 0 Å². The van der Waals surface area contributed by atoms with Gasteiger partial charge < -0.3 is 14.8 Å². The fourth-order valence-corrected chi connectivity index (χ4v) is 4.82. The summed E-state index contributed by atoms with van der Waals surface area (Å²) in [6.45, 7) is 2.01. The molecule has 8 heteroatoms. The number of amides is 2. The predicted molar refractivity (Wildman–Crippen MR) is 109 cm³/mol. The Bertz CT molecular complexity index is 1010. The number of benzene rings is 1. The number of rotatable bonds is 3. The Morgan fingerprint density at radius 2 is 1.78 bits per heavy atom. The van der Waals surface area contributed by atoms with E-state index in [0.29, 0.717) is 46.8 Å². The van der Waals surface area contributed by atoms with E-state index in [1.807, 2.05) is 35.4 Å². The highest BCUT2D eigenvalue weighted by Gasteiger charge is 2.27. The Labute approximate surface area is 170 Å². The number of carbonyl (C=O) groups is 2. The lowest BCUT2D eigenvalue weighted by Crippen LogP contribution is -2.51. The number of hydrogen-bond donors (Lipinski definition) is 1. The van der Waals surface area contributed by atoms with E-state index in [1.54, 1.807) is 11.0 Å². The van der Waals surface area contributed by atoms with Crippen LogP contribution in [0.5, 0.6) is 0 Å². The maximum atomic E-state index is 12.7. The quantitative estimate of drug-likeness (QED) is 0.692. The number of para-hydroxylation sites is 1. The van der Waals surface area contributed by atoms with Gasteiger partial charge in [-0.15, -0.1) is 11.3 Å². The smallest absolute Gasteiger partial charge is 0.256 e. The Hall–Kier alpha value is -2.02. The van der Waals surface area contributed by atoms with Crippen LogP contribution in [0.1, 0.15) is 15.9 Å². The zero-order valence-corrected chi connectivity index (χ0v) is 16.7. The second kappa shape index (κ2) is 7.54. The zero-order chi connectivity index (χ0) is 19.0. The lowest BCUT2D eigenvalue weighted by Gasteiger charge is -2.34. The number of H-pyrrole nitrogens is 1. The fourth-order valence-electron chi connectivity index (χ4n) is 3.37. The Morgan fingerprint density at radius 3 is 2.48 bits per heavy atom. The number of halogens is 2. The van der Waals surface area contributed by atoms with E-state index in [-0.39, 0.29) is 11.8 Å². The third kappa shape index (κ3) is 3.70. The van der Waals surface area contributed by atoms with Crippen molar-refractivity contribution in [1.82, 2.24) is 14.8 Å². The molecule has 0 radical (unpaired) electrons. The van der Waals surface area contributed by atoms with Crippen LogP contribution in [0.25, 0.3) is 10.9 Å². The number of nitrogens with one attached hydrogen (secondary N) is 1. The van der Waals surface area contributed by atoms with E-state index >= 15 is 0 Å². The molecule has 0 unspecified atom stereocenters. The second-order valence-electron chi connectivity index (χ2n) is 6.45. The van der Waals surface area contributed by atoms with Gasteiger partial charge in [0.05, 0.1) is 16.3 Å². The molecule has 4 rings (SSSR count). The number of fused-ring (bicyclic) bond motifs is 1. The molecule has 1 saturated heterocycles. The number of aromatic nitrogens is 1. The molecule has 3 heterocycles.